The normalized spacial score (nSPS) is 16.7. The third-order valence-corrected chi connectivity index (χ3v) is 7.38. The van der Waals surface area contributed by atoms with E-state index in [0.29, 0.717) is 11.8 Å². The van der Waals surface area contributed by atoms with Crippen molar-refractivity contribution in [2.24, 2.45) is 4.99 Å². The molecule has 1 heterocycles. The van der Waals surface area contributed by atoms with Gasteiger partial charge in [-0.15, -0.1) is 0 Å². The molecule has 2 atom stereocenters. The van der Waals surface area contributed by atoms with Gasteiger partial charge < -0.3 is 0 Å². The topological polar surface area (TPSA) is 12.4 Å². The van der Waals surface area contributed by atoms with E-state index in [9.17, 15) is 0 Å². The van der Waals surface area contributed by atoms with E-state index in [1.807, 2.05) is 11.8 Å². The molecule has 0 aromatic heterocycles. The summed E-state index contributed by atoms with van der Waals surface area (Å²) in [6, 6.07) is 26.2. The van der Waals surface area contributed by atoms with Gasteiger partial charge in [-0.05, 0) is 34.4 Å². The second-order valence-electron chi connectivity index (χ2n) is 8.01. The van der Waals surface area contributed by atoms with Crippen LogP contribution in [0, 0.1) is 0 Å². The molecule has 1 aliphatic heterocycles. The summed E-state index contributed by atoms with van der Waals surface area (Å²) >= 11 is 1.90. The van der Waals surface area contributed by atoms with Gasteiger partial charge in [0.1, 0.15) is 0 Å². The predicted octanol–water partition coefficient (Wildman–Crippen LogP) is 8.01. The fraction of sp³-hybridized carbons (Fsp3) is 0.179. The number of nitrogens with zero attached hydrogens (tertiary/aromatic N) is 1. The van der Waals surface area contributed by atoms with E-state index in [1.54, 1.807) is 0 Å². The van der Waals surface area contributed by atoms with E-state index < -0.39 is 0 Å². The molecule has 3 aromatic carbocycles. The SMILES string of the molecule is CC(c1ccccc1)c1ccc2c(c1C(C)c1ccccc1)SC1=CC=CCC1=N2. The molecular weight excluding hydrogens is 382 g/mol. The minimum Gasteiger partial charge on any atom is -0.251 e. The first-order valence-electron chi connectivity index (χ1n) is 10.6. The Balaban J connectivity index is 1.70. The number of hydrogen-bond donors (Lipinski definition) is 0. The minimum atomic E-state index is 0.297. The molecule has 2 aliphatic rings. The molecule has 0 saturated heterocycles. The van der Waals surface area contributed by atoms with Crippen molar-refractivity contribution in [3.8, 4) is 0 Å². The van der Waals surface area contributed by atoms with Gasteiger partial charge in [-0.3, -0.25) is 4.99 Å². The summed E-state index contributed by atoms with van der Waals surface area (Å²) in [6.45, 7) is 4.66. The van der Waals surface area contributed by atoms with Crippen molar-refractivity contribution in [1.82, 2.24) is 0 Å². The van der Waals surface area contributed by atoms with Gasteiger partial charge in [-0.2, -0.15) is 0 Å². The van der Waals surface area contributed by atoms with Gasteiger partial charge in [-0.25, -0.2) is 0 Å². The fourth-order valence-electron chi connectivity index (χ4n) is 4.43. The molecule has 1 nitrogen and oxygen atoms in total. The third kappa shape index (κ3) is 3.46. The Hall–Kier alpha value is -2.84. The highest BCUT2D eigenvalue weighted by Gasteiger charge is 2.27. The molecule has 0 radical (unpaired) electrons. The first-order valence-corrected chi connectivity index (χ1v) is 11.4. The molecule has 5 rings (SSSR count). The van der Waals surface area contributed by atoms with E-state index in [1.165, 1.54) is 37.8 Å². The van der Waals surface area contributed by atoms with Gasteiger partial charge in [0.2, 0.25) is 0 Å². The lowest BCUT2D eigenvalue weighted by Gasteiger charge is -2.28. The highest BCUT2D eigenvalue weighted by molar-refractivity contribution is 8.04. The Morgan fingerprint density at radius 1 is 0.800 bits per heavy atom. The Morgan fingerprint density at radius 3 is 2.17 bits per heavy atom. The highest BCUT2D eigenvalue weighted by atomic mass is 32.2. The van der Waals surface area contributed by atoms with Crippen LogP contribution < -0.4 is 0 Å². The standard InChI is InChI=1S/C28H25NS/c1-19(21-11-5-3-6-12-21)23-17-18-25-28(30-26-16-10-9-15-24(26)29-25)27(23)20(2)22-13-7-4-8-14-22/h3-14,16-20H,15H2,1-2H3. The van der Waals surface area contributed by atoms with E-state index in [-0.39, 0.29) is 0 Å². The maximum atomic E-state index is 5.05. The summed E-state index contributed by atoms with van der Waals surface area (Å²) in [5, 5.41) is 0. The number of aliphatic imine (C=N–C) groups is 1. The first-order chi connectivity index (χ1) is 14.7. The summed E-state index contributed by atoms with van der Waals surface area (Å²) < 4.78 is 0. The molecule has 0 saturated carbocycles. The Kier molecular flexibility index (Phi) is 5.18. The quantitative estimate of drug-likeness (QED) is 0.426. The van der Waals surface area contributed by atoms with Gasteiger partial charge in [-0.1, -0.05) is 104 Å². The maximum absolute atomic E-state index is 5.05. The molecule has 3 aromatic rings. The predicted molar refractivity (Wildman–Crippen MR) is 129 cm³/mol. The first kappa shape index (κ1) is 19.1. The van der Waals surface area contributed by atoms with Crippen molar-refractivity contribution in [2.75, 3.05) is 0 Å². The second kappa shape index (κ2) is 8.12. The van der Waals surface area contributed by atoms with Crippen molar-refractivity contribution in [3.63, 3.8) is 0 Å². The van der Waals surface area contributed by atoms with Crippen LogP contribution in [0.25, 0.3) is 0 Å². The Bertz CT molecular complexity index is 1160. The van der Waals surface area contributed by atoms with E-state index in [0.717, 1.165) is 12.1 Å². The van der Waals surface area contributed by atoms with Crippen LogP contribution in [0.3, 0.4) is 0 Å². The van der Waals surface area contributed by atoms with Crippen molar-refractivity contribution in [3.05, 3.63) is 118 Å². The van der Waals surface area contributed by atoms with E-state index in [4.69, 9.17) is 4.99 Å². The van der Waals surface area contributed by atoms with Crippen molar-refractivity contribution in [2.45, 2.75) is 37.0 Å². The van der Waals surface area contributed by atoms with Crippen LogP contribution in [0.2, 0.25) is 0 Å². The van der Waals surface area contributed by atoms with Crippen LogP contribution in [0.15, 0.2) is 106 Å². The Labute approximate surface area is 183 Å². The van der Waals surface area contributed by atoms with Crippen LogP contribution in [0.4, 0.5) is 5.69 Å². The molecule has 0 bridgehead atoms. The molecule has 2 unspecified atom stereocenters. The van der Waals surface area contributed by atoms with Gasteiger partial charge in [0.15, 0.2) is 0 Å². The Morgan fingerprint density at radius 2 is 1.47 bits per heavy atom. The smallest absolute Gasteiger partial charge is 0.0776 e. The minimum absolute atomic E-state index is 0.297. The lowest BCUT2D eigenvalue weighted by Crippen LogP contribution is -2.11. The summed E-state index contributed by atoms with van der Waals surface area (Å²) in [4.78, 5) is 7.66. The molecule has 30 heavy (non-hydrogen) atoms. The van der Waals surface area contributed by atoms with Crippen molar-refractivity contribution in [1.29, 1.82) is 0 Å². The largest absolute Gasteiger partial charge is 0.251 e. The molecule has 0 N–H and O–H groups in total. The summed E-state index contributed by atoms with van der Waals surface area (Å²) in [5.41, 5.74) is 7.82. The van der Waals surface area contributed by atoms with Gasteiger partial charge in [0.05, 0.1) is 11.4 Å². The number of thioether (sulfide) groups is 1. The van der Waals surface area contributed by atoms with Gasteiger partial charge >= 0.3 is 0 Å². The highest BCUT2D eigenvalue weighted by Crippen LogP contribution is 2.49. The van der Waals surface area contributed by atoms with Crippen LogP contribution in [0.5, 0.6) is 0 Å². The molecular formula is C28H25NS. The van der Waals surface area contributed by atoms with Crippen molar-refractivity contribution >= 4 is 23.2 Å². The average molecular weight is 408 g/mol. The monoisotopic (exact) mass is 407 g/mol. The molecule has 1 aliphatic carbocycles. The summed E-state index contributed by atoms with van der Waals surface area (Å²) in [6.07, 6.45) is 7.47. The summed E-state index contributed by atoms with van der Waals surface area (Å²) in [7, 11) is 0. The molecule has 0 amide bonds. The fourth-order valence-corrected chi connectivity index (χ4v) is 5.67. The van der Waals surface area contributed by atoms with Crippen molar-refractivity contribution < 1.29 is 0 Å². The number of hydrogen-bond acceptors (Lipinski definition) is 2. The lowest BCUT2D eigenvalue weighted by molar-refractivity contribution is 0.822. The molecule has 0 fully saturated rings. The van der Waals surface area contributed by atoms with Crippen LogP contribution in [0.1, 0.15) is 54.4 Å². The second-order valence-corrected chi connectivity index (χ2v) is 9.06. The number of fused-ring (bicyclic) bond motifs is 2. The number of benzene rings is 3. The maximum Gasteiger partial charge on any atom is 0.0776 e. The average Bonchev–Trinajstić information content (AvgIpc) is 2.82. The van der Waals surface area contributed by atoms with Crippen LogP contribution >= 0.6 is 11.8 Å². The molecule has 0 spiro atoms. The molecule has 2 heteroatoms. The number of allylic oxidation sites excluding steroid dienone is 4. The number of rotatable bonds is 4. The zero-order valence-corrected chi connectivity index (χ0v) is 18.2. The zero-order chi connectivity index (χ0) is 20.5. The van der Waals surface area contributed by atoms with Crippen LogP contribution in [-0.2, 0) is 0 Å². The lowest BCUT2D eigenvalue weighted by atomic mass is 9.82. The van der Waals surface area contributed by atoms with E-state index >= 15 is 0 Å². The van der Waals surface area contributed by atoms with E-state index in [2.05, 4.69) is 105 Å². The zero-order valence-electron chi connectivity index (χ0n) is 17.4. The van der Waals surface area contributed by atoms with Crippen LogP contribution in [-0.4, -0.2) is 5.71 Å². The van der Waals surface area contributed by atoms with Gasteiger partial charge in [0, 0.05) is 28.1 Å². The third-order valence-electron chi connectivity index (χ3n) is 6.15. The van der Waals surface area contributed by atoms with Gasteiger partial charge in [0.25, 0.3) is 0 Å². The summed E-state index contributed by atoms with van der Waals surface area (Å²) in [5.74, 6) is 0.621. The molecule has 148 valence electrons.